The van der Waals surface area contributed by atoms with Crippen molar-refractivity contribution >= 4 is 17.4 Å². The van der Waals surface area contributed by atoms with Crippen molar-refractivity contribution in [3.05, 3.63) is 17.6 Å². The molecular weight excluding hydrogens is 210 g/mol. The number of hydrogen-bond donors (Lipinski definition) is 1. The van der Waals surface area contributed by atoms with Gasteiger partial charge in [-0.05, 0) is 27.2 Å². The molecule has 1 aromatic heterocycles. The number of nitrogens with one attached hydrogen (secondary N) is 1. The Morgan fingerprint density at radius 2 is 2.07 bits per heavy atom. The van der Waals surface area contributed by atoms with E-state index < -0.39 is 0 Å². The van der Waals surface area contributed by atoms with Gasteiger partial charge in [-0.1, -0.05) is 6.92 Å². The molecule has 0 aromatic carbocycles. The van der Waals surface area contributed by atoms with Crippen LogP contribution in [-0.4, -0.2) is 21.4 Å². The Morgan fingerprint density at radius 1 is 1.40 bits per heavy atom. The van der Waals surface area contributed by atoms with Crippen LogP contribution in [0.3, 0.4) is 0 Å². The lowest BCUT2D eigenvalue weighted by atomic mass is 10.2. The molecule has 0 fully saturated rings. The van der Waals surface area contributed by atoms with Crippen molar-refractivity contribution in [1.29, 1.82) is 0 Å². The van der Waals surface area contributed by atoms with Crippen molar-refractivity contribution in [3.63, 3.8) is 0 Å². The van der Waals surface area contributed by atoms with Crippen molar-refractivity contribution in [2.24, 2.45) is 0 Å². The van der Waals surface area contributed by atoms with E-state index in [9.17, 15) is 0 Å². The molecule has 3 nitrogen and oxygen atoms in total. The number of aryl methyl sites for hydroxylation is 2. The van der Waals surface area contributed by atoms with Gasteiger partial charge in [0.05, 0.1) is 5.38 Å². The van der Waals surface area contributed by atoms with E-state index in [2.05, 4.69) is 22.2 Å². The van der Waals surface area contributed by atoms with Crippen LogP contribution in [0.2, 0.25) is 0 Å². The molecule has 0 spiro atoms. The van der Waals surface area contributed by atoms with Crippen LogP contribution < -0.4 is 5.32 Å². The molecule has 0 aliphatic heterocycles. The Hall–Kier alpha value is -0.830. The van der Waals surface area contributed by atoms with Crippen molar-refractivity contribution < 1.29 is 0 Å². The molecule has 0 bridgehead atoms. The number of nitrogens with zero attached hydrogens (tertiary/aromatic N) is 2. The zero-order valence-corrected chi connectivity index (χ0v) is 10.5. The van der Waals surface area contributed by atoms with Gasteiger partial charge in [-0.3, -0.25) is 0 Å². The summed E-state index contributed by atoms with van der Waals surface area (Å²) in [5, 5.41) is 3.35. The highest BCUT2D eigenvalue weighted by Gasteiger charge is 2.09. The Morgan fingerprint density at radius 3 is 2.60 bits per heavy atom. The number of halogens is 1. The van der Waals surface area contributed by atoms with Crippen LogP contribution in [0.5, 0.6) is 0 Å². The summed E-state index contributed by atoms with van der Waals surface area (Å²) in [6.07, 6.45) is 0.919. The Balaban J connectivity index is 2.80. The van der Waals surface area contributed by atoms with Gasteiger partial charge in [0, 0.05) is 17.8 Å². The van der Waals surface area contributed by atoms with E-state index in [1.54, 1.807) is 0 Å². The first-order valence-corrected chi connectivity index (χ1v) is 5.71. The van der Waals surface area contributed by atoms with Gasteiger partial charge in [0.2, 0.25) is 0 Å². The summed E-state index contributed by atoms with van der Waals surface area (Å²) in [5.74, 6) is 1.66. The average Bonchev–Trinajstić information content (AvgIpc) is 2.16. The molecule has 15 heavy (non-hydrogen) atoms. The smallest absolute Gasteiger partial charge is 0.130 e. The van der Waals surface area contributed by atoms with Gasteiger partial charge in [0.25, 0.3) is 0 Å². The van der Waals surface area contributed by atoms with E-state index in [-0.39, 0.29) is 11.4 Å². The van der Waals surface area contributed by atoms with Crippen molar-refractivity contribution in [2.45, 2.75) is 45.5 Å². The largest absolute Gasteiger partial charge is 0.366 e. The maximum atomic E-state index is 5.99. The first-order chi connectivity index (χ1) is 7.02. The molecule has 0 aliphatic carbocycles. The monoisotopic (exact) mass is 227 g/mol. The van der Waals surface area contributed by atoms with Crippen molar-refractivity contribution in [1.82, 2.24) is 9.97 Å². The van der Waals surface area contributed by atoms with Gasteiger partial charge in [-0.2, -0.15) is 0 Å². The summed E-state index contributed by atoms with van der Waals surface area (Å²) in [4.78, 5) is 8.64. The molecule has 2 atom stereocenters. The summed E-state index contributed by atoms with van der Waals surface area (Å²) in [6, 6.07) is 2.17. The molecule has 0 saturated heterocycles. The predicted octanol–water partition coefficient (Wildman–Crippen LogP) is 2.78. The Labute approximate surface area is 96.3 Å². The number of hydrogen-bond acceptors (Lipinski definition) is 3. The van der Waals surface area contributed by atoms with Gasteiger partial charge >= 0.3 is 0 Å². The second-order valence-electron chi connectivity index (χ2n) is 3.76. The molecule has 84 valence electrons. The van der Waals surface area contributed by atoms with Gasteiger partial charge < -0.3 is 5.32 Å². The second-order valence-corrected chi connectivity index (χ2v) is 4.44. The summed E-state index contributed by atoms with van der Waals surface area (Å²) < 4.78 is 0. The molecular formula is C11H18ClN3. The van der Waals surface area contributed by atoms with Crippen LogP contribution >= 0.6 is 11.6 Å². The van der Waals surface area contributed by atoms with Crippen molar-refractivity contribution in [2.75, 3.05) is 5.32 Å². The van der Waals surface area contributed by atoms with Gasteiger partial charge in [-0.25, -0.2) is 9.97 Å². The van der Waals surface area contributed by atoms with Crippen LogP contribution in [0.4, 0.5) is 5.82 Å². The minimum atomic E-state index is 0.0744. The number of anilines is 1. The zero-order chi connectivity index (χ0) is 11.4. The van der Waals surface area contributed by atoms with E-state index in [0.29, 0.717) is 0 Å². The molecule has 0 amide bonds. The van der Waals surface area contributed by atoms with Crippen LogP contribution in [0.15, 0.2) is 6.07 Å². The summed E-state index contributed by atoms with van der Waals surface area (Å²) in [6.45, 7) is 7.99. The first kappa shape index (κ1) is 12.2. The third-order valence-corrected chi connectivity index (χ3v) is 2.70. The lowest BCUT2D eigenvalue weighted by Gasteiger charge is -2.17. The maximum Gasteiger partial charge on any atom is 0.130 e. The fraction of sp³-hybridized carbons (Fsp3) is 0.636. The van der Waals surface area contributed by atoms with Crippen LogP contribution in [0.25, 0.3) is 0 Å². The maximum absolute atomic E-state index is 5.99. The minimum absolute atomic E-state index is 0.0744. The highest BCUT2D eigenvalue weighted by atomic mass is 35.5. The van der Waals surface area contributed by atoms with Gasteiger partial charge in [0.1, 0.15) is 11.6 Å². The third-order valence-electron chi connectivity index (χ3n) is 2.32. The Bertz CT molecular complexity index is 326. The molecule has 1 heterocycles. The van der Waals surface area contributed by atoms with E-state index in [1.807, 2.05) is 26.8 Å². The van der Waals surface area contributed by atoms with E-state index in [4.69, 9.17) is 11.6 Å². The molecule has 1 aromatic rings. The third kappa shape index (κ3) is 3.67. The van der Waals surface area contributed by atoms with E-state index in [1.165, 1.54) is 0 Å². The molecule has 1 rings (SSSR count). The molecule has 2 unspecified atom stereocenters. The topological polar surface area (TPSA) is 37.8 Å². The normalized spacial score (nSPS) is 14.7. The highest BCUT2D eigenvalue weighted by Crippen LogP contribution is 2.11. The van der Waals surface area contributed by atoms with Crippen LogP contribution in [0.1, 0.15) is 32.3 Å². The SMILES string of the molecule is CCc1cc(NC(C)C(C)Cl)nc(C)n1. The fourth-order valence-corrected chi connectivity index (χ4v) is 1.30. The number of alkyl halides is 1. The van der Waals surface area contributed by atoms with E-state index in [0.717, 1.165) is 23.8 Å². The van der Waals surface area contributed by atoms with Crippen LogP contribution in [0, 0.1) is 6.92 Å². The fourth-order valence-electron chi connectivity index (χ4n) is 1.23. The zero-order valence-electron chi connectivity index (χ0n) is 9.71. The van der Waals surface area contributed by atoms with Crippen molar-refractivity contribution in [3.8, 4) is 0 Å². The van der Waals surface area contributed by atoms with Gasteiger partial charge in [0.15, 0.2) is 0 Å². The molecule has 4 heteroatoms. The molecule has 1 N–H and O–H groups in total. The minimum Gasteiger partial charge on any atom is -0.366 e. The Kier molecular flexibility index (Phi) is 4.33. The van der Waals surface area contributed by atoms with Crippen LogP contribution in [-0.2, 0) is 6.42 Å². The summed E-state index contributed by atoms with van der Waals surface area (Å²) in [7, 11) is 0. The second kappa shape index (κ2) is 5.31. The average molecular weight is 228 g/mol. The standard InChI is InChI=1S/C11H18ClN3/c1-5-10-6-11(15-9(4)14-10)13-8(3)7(2)12/h6-8H,5H2,1-4H3,(H,13,14,15). The predicted molar refractivity (Wildman–Crippen MR) is 64.5 cm³/mol. The number of rotatable bonds is 4. The molecule has 0 saturated carbocycles. The lowest BCUT2D eigenvalue weighted by Crippen LogP contribution is -2.24. The number of aromatic nitrogens is 2. The highest BCUT2D eigenvalue weighted by molar-refractivity contribution is 6.20. The van der Waals surface area contributed by atoms with Gasteiger partial charge in [-0.15, -0.1) is 11.6 Å². The molecule has 0 radical (unpaired) electrons. The quantitative estimate of drug-likeness (QED) is 0.804. The molecule has 0 aliphatic rings. The summed E-state index contributed by atoms with van der Waals surface area (Å²) in [5.41, 5.74) is 1.06. The van der Waals surface area contributed by atoms with E-state index >= 15 is 0 Å². The first-order valence-electron chi connectivity index (χ1n) is 5.28. The lowest BCUT2D eigenvalue weighted by molar-refractivity contribution is 0.763. The summed E-state index contributed by atoms with van der Waals surface area (Å²) >= 11 is 5.99.